The lowest BCUT2D eigenvalue weighted by atomic mass is 10.5. The van der Waals surface area contributed by atoms with Crippen molar-refractivity contribution in [1.82, 2.24) is 0 Å². The highest BCUT2D eigenvalue weighted by molar-refractivity contribution is 7.58. The van der Waals surface area contributed by atoms with E-state index in [0.29, 0.717) is 0 Å². The summed E-state index contributed by atoms with van der Waals surface area (Å²) in [4.78, 5) is 19.4. The second-order valence-electron chi connectivity index (χ2n) is 1.92. The van der Waals surface area contributed by atoms with Crippen molar-refractivity contribution in [2.24, 2.45) is 0 Å². The van der Waals surface area contributed by atoms with Crippen LogP contribution in [0, 0.1) is 0 Å². The van der Waals surface area contributed by atoms with Crippen LogP contribution in [0.2, 0.25) is 0 Å². The molecule has 0 saturated carbocycles. The number of aliphatic carboxylic acids is 1. The Bertz CT molecular complexity index is 244. The van der Waals surface area contributed by atoms with Gasteiger partial charge in [-0.1, -0.05) is 6.08 Å². The molecule has 0 bridgehead atoms. The molecule has 0 radical (unpaired) electrons. The van der Waals surface area contributed by atoms with Crippen LogP contribution in [0.3, 0.4) is 0 Å². The summed E-state index contributed by atoms with van der Waals surface area (Å²) in [7, 11) is -4.10. The van der Waals surface area contributed by atoms with Gasteiger partial charge in [-0.15, -0.1) is 0 Å². The average molecular weight is 194 g/mol. The van der Waals surface area contributed by atoms with Crippen LogP contribution in [0.1, 0.15) is 13.8 Å². The highest BCUT2D eigenvalue weighted by Crippen LogP contribution is 2.50. The Labute approximate surface area is 70.2 Å². The van der Waals surface area contributed by atoms with Gasteiger partial charge >= 0.3 is 13.6 Å². The second kappa shape index (κ2) is 4.40. The molecule has 0 aromatic heterocycles. The maximum absolute atomic E-state index is 11.1. The molecule has 0 aromatic carbocycles. The first kappa shape index (κ1) is 11.4. The summed E-state index contributed by atoms with van der Waals surface area (Å²) in [6.45, 7) is 2.88. The fourth-order valence-electron chi connectivity index (χ4n) is 0.652. The lowest BCUT2D eigenvalue weighted by molar-refractivity contribution is -0.132. The fourth-order valence-corrected chi connectivity index (χ4v) is 1.71. The molecule has 0 saturated heterocycles. The van der Waals surface area contributed by atoms with E-state index in [1.165, 1.54) is 13.8 Å². The van der Waals surface area contributed by atoms with E-state index in [0.717, 1.165) is 6.08 Å². The standard InChI is InChI=1S/C6H11O5P/c1-3-5(6(7)8)12(9,10)11-4-2/h3H,4H2,1-2H3,(H,7,8)(H,9,10). The first-order valence-electron chi connectivity index (χ1n) is 3.33. The minimum Gasteiger partial charge on any atom is -0.477 e. The van der Waals surface area contributed by atoms with Gasteiger partial charge in [0.05, 0.1) is 6.61 Å². The van der Waals surface area contributed by atoms with Crippen molar-refractivity contribution >= 4 is 13.6 Å². The Balaban J connectivity index is 4.74. The Kier molecular flexibility index (Phi) is 4.17. The second-order valence-corrected chi connectivity index (χ2v) is 3.70. The van der Waals surface area contributed by atoms with Gasteiger partial charge in [0, 0.05) is 0 Å². The maximum Gasteiger partial charge on any atom is 0.365 e. The molecule has 1 unspecified atom stereocenters. The van der Waals surface area contributed by atoms with Gasteiger partial charge in [0.2, 0.25) is 0 Å². The van der Waals surface area contributed by atoms with Crippen molar-refractivity contribution in [3.63, 3.8) is 0 Å². The lowest BCUT2D eigenvalue weighted by Gasteiger charge is -2.09. The van der Waals surface area contributed by atoms with E-state index in [9.17, 15) is 9.36 Å². The van der Waals surface area contributed by atoms with Crippen molar-refractivity contribution in [3.8, 4) is 0 Å². The topological polar surface area (TPSA) is 83.8 Å². The Morgan fingerprint density at radius 1 is 1.67 bits per heavy atom. The Hall–Kier alpha value is -0.640. The zero-order chi connectivity index (χ0) is 9.78. The molecule has 0 fully saturated rings. The summed E-state index contributed by atoms with van der Waals surface area (Å²) in [6.07, 6.45) is 1.05. The molecule has 5 nitrogen and oxygen atoms in total. The monoisotopic (exact) mass is 194 g/mol. The van der Waals surface area contributed by atoms with Crippen LogP contribution in [-0.4, -0.2) is 22.6 Å². The molecule has 0 amide bonds. The summed E-state index contributed by atoms with van der Waals surface area (Å²) in [5.41, 5.74) is 0. The number of allylic oxidation sites excluding steroid dienone is 1. The molecule has 0 heterocycles. The summed E-state index contributed by atoms with van der Waals surface area (Å²) < 4.78 is 15.5. The largest absolute Gasteiger partial charge is 0.477 e. The number of rotatable bonds is 4. The molecule has 0 rings (SSSR count). The normalized spacial score (nSPS) is 17.1. The van der Waals surface area contributed by atoms with Crippen molar-refractivity contribution in [2.75, 3.05) is 6.61 Å². The third kappa shape index (κ3) is 2.77. The van der Waals surface area contributed by atoms with E-state index in [2.05, 4.69) is 4.52 Å². The molecule has 6 heteroatoms. The molecule has 12 heavy (non-hydrogen) atoms. The van der Waals surface area contributed by atoms with E-state index in [-0.39, 0.29) is 6.61 Å². The van der Waals surface area contributed by atoms with Gasteiger partial charge < -0.3 is 14.5 Å². The third-order valence-electron chi connectivity index (χ3n) is 1.10. The molecule has 70 valence electrons. The van der Waals surface area contributed by atoms with Gasteiger partial charge in [0.15, 0.2) is 0 Å². The Morgan fingerprint density at radius 3 is 2.42 bits per heavy atom. The minimum absolute atomic E-state index is 0.00159. The average Bonchev–Trinajstić information content (AvgIpc) is 1.86. The summed E-state index contributed by atoms with van der Waals surface area (Å²) in [6, 6.07) is 0. The van der Waals surface area contributed by atoms with Crippen molar-refractivity contribution in [1.29, 1.82) is 0 Å². The van der Waals surface area contributed by atoms with E-state index in [4.69, 9.17) is 10.00 Å². The number of carbonyl (C=O) groups is 1. The summed E-state index contributed by atoms with van der Waals surface area (Å²) in [5.74, 6) is -1.43. The molecular weight excluding hydrogens is 183 g/mol. The molecule has 0 aliphatic heterocycles. The predicted octanol–water partition coefficient (Wildman–Crippen LogP) is 1.20. The van der Waals surface area contributed by atoms with Crippen LogP contribution in [0.4, 0.5) is 0 Å². The molecule has 0 aliphatic carbocycles. The molecule has 0 spiro atoms. The van der Waals surface area contributed by atoms with Crippen LogP contribution in [0.5, 0.6) is 0 Å². The van der Waals surface area contributed by atoms with E-state index < -0.39 is 18.9 Å². The predicted molar refractivity (Wildman–Crippen MR) is 42.8 cm³/mol. The number of carboxylic acids is 1. The van der Waals surface area contributed by atoms with Crippen molar-refractivity contribution in [3.05, 3.63) is 11.4 Å². The smallest absolute Gasteiger partial charge is 0.365 e. The molecule has 0 aliphatic rings. The van der Waals surface area contributed by atoms with Crippen LogP contribution in [0.15, 0.2) is 11.4 Å². The maximum atomic E-state index is 11.1. The van der Waals surface area contributed by atoms with Crippen LogP contribution in [0.25, 0.3) is 0 Å². The highest BCUT2D eigenvalue weighted by Gasteiger charge is 2.30. The molecule has 0 aromatic rings. The quantitative estimate of drug-likeness (QED) is 0.518. The van der Waals surface area contributed by atoms with E-state index >= 15 is 0 Å². The number of hydrogen-bond acceptors (Lipinski definition) is 3. The van der Waals surface area contributed by atoms with E-state index in [1.54, 1.807) is 0 Å². The SMILES string of the molecule is CC=C(C(=O)O)P(=O)(O)OCC. The molecule has 1 atom stereocenters. The minimum atomic E-state index is -4.10. The zero-order valence-corrected chi connectivity index (χ0v) is 7.75. The number of carboxylic acid groups (broad SMARTS) is 1. The first-order valence-corrected chi connectivity index (χ1v) is 4.91. The molecular formula is C6H11O5P. The fraction of sp³-hybridized carbons (Fsp3) is 0.500. The van der Waals surface area contributed by atoms with Gasteiger partial charge in [-0.05, 0) is 13.8 Å². The van der Waals surface area contributed by atoms with Gasteiger partial charge in [0.1, 0.15) is 5.31 Å². The lowest BCUT2D eigenvalue weighted by Crippen LogP contribution is -2.03. The van der Waals surface area contributed by atoms with Crippen LogP contribution >= 0.6 is 7.60 Å². The van der Waals surface area contributed by atoms with E-state index in [1.807, 2.05) is 0 Å². The Morgan fingerprint density at radius 2 is 2.17 bits per heavy atom. The zero-order valence-electron chi connectivity index (χ0n) is 6.85. The van der Waals surface area contributed by atoms with Crippen molar-refractivity contribution in [2.45, 2.75) is 13.8 Å². The van der Waals surface area contributed by atoms with Gasteiger partial charge in [-0.2, -0.15) is 0 Å². The van der Waals surface area contributed by atoms with Gasteiger partial charge in [-0.3, -0.25) is 4.57 Å². The van der Waals surface area contributed by atoms with Crippen molar-refractivity contribution < 1.29 is 23.9 Å². The summed E-state index contributed by atoms with van der Waals surface area (Å²) in [5, 5.41) is 7.86. The van der Waals surface area contributed by atoms with Crippen LogP contribution < -0.4 is 0 Å². The van der Waals surface area contributed by atoms with Gasteiger partial charge in [0.25, 0.3) is 0 Å². The number of hydrogen-bond donors (Lipinski definition) is 2. The summed E-state index contributed by atoms with van der Waals surface area (Å²) >= 11 is 0. The molecule has 2 N–H and O–H groups in total. The van der Waals surface area contributed by atoms with Crippen LogP contribution in [-0.2, 0) is 13.9 Å². The highest BCUT2D eigenvalue weighted by atomic mass is 31.2. The van der Waals surface area contributed by atoms with Gasteiger partial charge in [-0.25, -0.2) is 4.79 Å². The third-order valence-corrected chi connectivity index (χ3v) is 2.77. The first-order chi connectivity index (χ1) is 5.45.